The average Bonchev–Trinajstić information content (AvgIpc) is 2.78. The van der Waals surface area contributed by atoms with Gasteiger partial charge in [0.15, 0.2) is 0 Å². The molecule has 2 N–H and O–H groups in total. The van der Waals surface area contributed by atoms with Gasteiger partial charge in [0.2, 0.25) is 11.8 Å². The number of hydrogen-bond acceptors (Lipinski definition) is 5. The summed E-state index contributed by atoms with van der Waals surface area (Å²) in [6.07, 6.45) is 0.281. The van der Waals surface area contributed by atoms with Gasteiger partial charge in [-0.15, -0.1) is 10.2 Å². The lowest BCUT2D eigenvalue weighted by atomic mass is 10.2. The molecule has 1 aromatic carbocycles. The van der Waals surface area contributed by atoms with Crippen molar-refractivity contribution in [2.75, 3.05) is 5.75 Å². The summed E-state index contributed by atoms with van der Waals surface area (Å²) in [7, 11) is 0. The fraction of sp³-hybridized carbons (Fsp3) is 0.182. The van der Waals surface area contributed by atoms with E-state index in [1.807, 2.05) is 0 Å². The molecule has 1 heterocycles. The molecule has 0 fully saturated rings. The van der Waals surface area contributed by atoms with Gasteiger partial charge in [0.1, 0.15) is 0 Å². The molecule has 0 spiro atoms. The van der Waals surface area contributed by atoms with Crippen LogP contribution in [0.1, 0.15) is 6.42 Å². The maximum Gasteiger partial charge on any atom is 0.276 e. The normalized spacial score (nSPS) is 10.5. The molecule has 0 atom stereocenters. The third-order valence-corrected chi connectivity index (χ3v) is 3.14. The number of primary amides is 1. The minimum atomic E-state index is -0.347. The molecule has 7 heteroatoms. The highest BCUT2D eigenvalue weighted by molar-refractivity contribution is 7.99. The summed E-state index contributed by atoms with van der Waals surface area (Å²) in [4.78, 5) is 10.6. The first-order chi connectivity index (χ1) is 8.65. The number of rotatable bonds is 5. The lowest BCUT2D eigenvalue weighted by Crippen LogP contribution is -2.10. The second-order valence-corrected chi connectivity index (χ2v) is 4.93. The van der Waals surface area contributed by atoms with Crippen LogP contribution in [-0.4, -0.2) is 21.9 Å². The highest BCUT2D eigenvalue weighted by Gasteiger charge is 2.09. The van der Waals surface area contributed by atoms with E-state index in [0.29, 0.717) is 21.9 Å². The number of hydrogen-bond donors (Lipinski definition) is 1. The van der Waals surface area contributed by atoms with Gasteiger partial charge in [0, 0.05) is 22.8 Å². The first kappa shape index (κ1) is 12.9. The summed E-state index contributed by atoms with van der Waals surface area (Å²) in [6.45, 7) is 0. The number of carbonyl (C=O) groups excluding carboxylic acids is 1. The first-order valence-corrected chi connectivity index (χ1v) is 6.52. The van der Waals surface area contributed by atoms with Crippen LogP contribution in [0.2, 0.25) is 5.02 Å². The van der Waals surface area contributed by atoms with Gasteiger partial charge in [-0.2, -0.15) is 0 Å². The predicted octanol–water partition coefficient (Wildman–Crippen LogP) is 2.36. The van der Waals surface area contributed by atoms with E-state index < -0.39 is 0 Å². The minimum Gasteiger partial charge on any atom is -0.411 e. The second kappa shape index (κ2) is 5.88. The molecule has 1 amide bonds. The van der Waals surface area contributed by atoms with E-state index in [0.717, 1.165) is 5.56 Å². The van der Waals surface area contributed by atoms with Gasteiger partial charge in [-0.1, -0.05) is 23.4 Å². The monoisotopic (exact) mass is 283 g/mol. The fourth-order valence-electron chi connectivity index (χ4n) is 1.22. The van der Waals surface area contributed by atoms with Crippen molar-refractivity contribution >= 4 is 29.3 Å². The molecule has 94 valence electrons. The molecule has 1 aromatic heterocycles. The number of halogens is 1. The van der Waals surface area contributed by atoms with E-state index in [-0.39, 0.29) is 12.3 Å². The Morgan fingerprint density at radius 1 is 1.33 bits per heavy atom. The van der Waals surface area contributed by atoms with Crippen LogP contribution < -0.4 is 5.73 Å². The van der Waals surface area contributed by atoms with E-state index in [1.165, 1.54) is 11.8 Å². The van der Waals surface area contributed by atoms with Crippen molar-refractivity contribution in [3.8, 4) is 11.5 Å². The maximum atomic E-state index is 10.6. The lowest BCUT2D eigenvalue weighted by molar-refractivity contribution is -0.117. The highest BCUT2D eigenvalue weighted by atomic mass is 35.5. The Balaban J connectivity index is 2.01. The summed E-state index contributed by atoms with van der Waals surface area (Å²) in [5, 5.41) is 8.86. The largest absolute Gasteiger partial charge is 0.411 e. The van der Waals surface area contributed by atoms with Crippen molar-refractivity contribution in [2.24, 2.45) is 5.73 Å². The lowest BCUT2D eigenvalue weighted by Gasteiger charge is -1.94. The van der Waals surface area contributed by atoms with Crippen LogP contribution in [0.4, 0.5) is 0 Å². The van der Waals surface area contributed by atoms with E-state index >= 15 is 0 Å². The zero-order chi connectivity index (χ0) is 13.0. The van der Waals surface area contributed by atoms with E-state index in [2.05, 4.69) is 10.2 Å². The van der Waals surface area contributed by atoms with Crippen molar-refractivity contribution in [3.05, 3.63) is 29.3 Å². The highest BCUT2D eigenvalue weighted by Crippen LogP contribution is 2.24. The summed E-state index contributed by atoms with van der Waals surface area (Å²) in [5.74, 6) is 0.602. The molecule has 0 saturated carbocycles. The van der Waals surface area contributed by atoms with Gasteiger partial charge < -0.3 is 10.2 Å². The van der Waals surface area contributed by atoms with Gasteiger partial charge in [-0.3, -0.25) is 4.79 Å². The molecule has 18 heavy (non-hydrogen) atoms. The Morgan fingerprint density at radius 2 is 2.06 bits per heavy atom. The number of nitrogens with two attached hydrogens (primary N) is 1. The van der Waals surface area contributed by atoms with Crippen molar-refractivity contribution in [3.63, 3.8) is 0 Å². The quantitative estimate of drug-likeness (QED) is 0.852. The number of thioether (sulfide) groups is 1. The number of amides is 1. The van der Waals surface area contributed by atoms with Crippen LogP contribution in [0.25, 0.3) is 11.5 Å². The van der Waals surface area contributed by atoms with Crippen molar-refractivity contribution in [2.45, 2.75) is 11.6 Å². The summed E-state index contributed by atoms with van der Waals surface area (Å²) < 4.78 is 5.44. The molecule has 0 aliphatic rings. The topological polar surface area (TPSA) is 82.0 Å². The Labute approximate surface area is 113 Å². The minimum absolute atomic E-state index is 0.281. The molecular weight excluding hydrogens is 274 g/mol. The standard InChI is InChI=1S/C11H10ClN3O2S/c12-8-3-1-7(2-4-8)10-14-15-11(17-10)18-6-5-9(13)16/h1-4H,5-6H2,(H2,13,16). The Kier molecular flexibility index (Phi) is 4.22. The third kappa shape index (κ3) is 3.48. The summed E-state index contributed by atoms with van der Waals surface area (Å²) >= 11 is 7.09. The van der Waals surface area contributed by atoms with Gasteiger partial charge in [-0.05, 0) is 24.3 Å². The van der Waals surface area contributed by atoms with Gasteiger partial charge in [0.25, 0.3) is 5.22 Å². The van der Waals surface area contributed by atoms with E-state index in [9.17, 15) is 4.79 Å². The SMILES string of the molecule is NC(=O)CCSc1nnc(-c2ccc(Cl)cc2)o1. The smallest absolute Gasteiger partial charge is 0.276 e. The predicted molar refractivity (Wildman–Crippen MR) is 69.3 cm³/mol. The molecule has 0 unspecified atom stereocenters. The summed E-state index contributed by atoms with van der Waals surface area (Å²) in [5.41, 5.74) is 5.84. The molecule has 2 aromatic rings. The van der Waals surface area contributed by atoms with Crippen LogP contribution in [-0.2, 0) is 4.79 Å². The van der Waals surface area contributed by atoms with Crippen LogP contribution in [0.15, 0.2) is 33.9 Å². The van der Waals surface area contributed by atoms with Crippen molar-refractivity contribution in [1.29, 1.82) is 0 Å². The molecule has 0 aliphatic carbocycles. The van der Waals surface area contributed by atoms with Gasteiger partial charge >= 0.3 is 0 Å². The van der Waals surface area contributed by atoms with Crippen LogP contribution in [0.5, 0.6) is 0 Å². The summed E-state index contributed by atoms with van der Waals surface area (Å²) in [6, 6.07) is 7.10. The fourth-order valence-corrected chi connectivity index (χ4v) is 2.06. The van der Waals surface area contributed by atoms with Crippen LogP contribution in [0, 0.1) is 0 Å². The maximum absolute atomic E-state index is 10.6. The molecule has 0 radical (unpaired) electrons. The van der Waals surface area contributed by atoms with Gasteiger partial charge in [0.05, 0.1) is 0 Å². The molecular formula is C11H10ClN3O2S. The first-order valence-electron chi connectivity index (χ1n) is 5.15. The van der Waals surface area contributed by atoms with E-state index in [1.54, 1.807) is 24.3 Å². The van der Waals surface area contributed by atoms with Crippen LogP contribution >= 0.6 is 23.4 Å². The molecule has 0 saturated heterocycles. The van der Waals surface area contributed by atoms with Crippen molar-refractivity contribution < 1.29 is 9.21 Å². The zero-order valence-electron chi connectivity index (χ0n) is 9.30. The Morgan fingerprint density at radius 3 is 2.72 bits per heavy atom. The van der Waals surface area contributed by atoms with Crippen LogP contribution in [0.3, 0.4) is 0 Å². The number of benzene rings is 1. The number of carbonyl (C=O) groups is 1. The number of nitrogens with zero attached hydrogens (tertiary/aromatic N) is 2. The molecule has 5 nitrogen and oxygen atoms in total. The zero-order valence-corrected chi connectivity index (χ0v) is 10.9. The van der Waals surface area contributed by atoms with Crippen molar-refractivity contribution in [1.82, 2.24) is 10.2 Å². The Bertz CT molecular complexity index is 541. The van der Waals surface area contributed by atoms with Gasteiger partial charge in [-0.25, -0.2) is 0 Å². The molecule has 0 bridgehead atoms. The molecule has 2 rings (SSSR count). The molecule has 0 aliphatic heterocycles. The second-order valence-electron chi connectivity index (χ2n) is 3.44. The average molecular weight is 284 g/mol. The third-order valence-electron chi connectivity index (χ3n) is 2.07. The van der Waals surface area contributed by atoms with E-state index in [4.69, 9.17) is 21.8 Å². The number of aromatic nitrogens is 2. The Hall–Kier alpha value is -1.53.